The fraction of sp³-hybridized carbons (Fsp3) is 0.368. The van der Waals surface area contributed by atoms with E-state index < -0.39 is 0 Å². The molecule has 0 radical (unpaired) electrons. The molecule has 0 aliphatic carbocycles. The molecule has 2 heteroatoms. The van der Waals surface area contributed by atoms with Gasteiger partial charge in [-0.05, 0) is 48.2 Å². The third kappa shape index (κ3) is 3.11. The van der Waals surface area contributed by atoms with Gasteiger partial charge in [0.05, 0.1) is 0 Å². The minimum absolute atomic E-state index is 0.696. The van der Waals surface area contributed by atoms with E-state index in [1.54, 1.807) is 0 Å². The van der Waals surface area contributed by atoms with Crippen molar-refractivity contribution < 1.29 is 0 Å². The standard InChI is InChI=1S/C19H24N2/c1-3-20-13-16-8-10-18(11-9-16)21-14-15(2)12-17-6-4-5-7-19(17)21/h4-11,15,20H,3,12-14H2,1-2H3. The van der Waals surface area contributed by atoms with Gasteiger partial charge in [0, 0.05) is 24.5 Å². The summed E-state index contributed by atoms with van der Waals surface area (Å²) in [5, 5.41) is 3.37. The van der Waals surface area contributed by atoms with Crippen LogP contribution in [0.1, 0.15) is 25.0 Å². The molecule has 1 unspecified atom stereocenters. The van der Waals surface area contributed by atoms with Crippen molar-refractivity contribution in [3.8, 4) is 0 Å². The molecule has 1 aliphatic rings. The average molecular weight is 280 g/mol. The SMILES string of the molecule is CCNCc1ccc(N2CC(C)Cc3ccccc32)cc1. The maximum atomic E-state index is 3.37. The molecule has 2 aromatic rings. The lowest BCUT2D eigenvalue weighted by Crippen LogP contribution is -2.30. The van der Waals surface area contributed by atoms with Crippen molar-refractivity contribution in [1.82, 2.24) is 5.32 Å². The molecule has 0 spiro atoms. The number of hydrogen-bond donors (Lipinski definition) is 1. The number of benzene rings is 2. The second-order valence-electron chi connectivity index (χ2n) is 6.00. The number of hydrogen-bond acceptors (Lipinski definition) is 2. The Morgan fingerprint density at radius 1 is 1.10 bits per heavy atom. The van der Waals surface area contributed by atoms with Crippen LogP contribution in [0, 0.1) is 5.92 Å². The van der Waals surface area contributed by atoms with Crippen LogP contribution in [0.4, 0.5) is 11.4 Å². The highest BCUT2D eigenvalue weighted by molar-refractivity contribution is 5.68. The number of para-hydroxylation sites is 1. The topological polar surface area (TPSA) is 15.3 Å². The normalized spacial score (nSPS) is 17.6. The third-order valence-electron chi connectivity index (χ3n) is 4.17. The minimum Gasteiger partial charge on any atom is -0.341 e. The highest BCUT2D eigenvalue weighted by atomic mass is 15.1. The number of nitrogens with one attached hydrogen (secondary N) is 1. The van der Waals surface area contributed by atoms with E-state index in [1.165, 1.54) is 28.9 Å². The molecule has 2 aromatic carbocycles. The van der Waals surface area contributed by atoms with Gasteiger partial charge < -0.3 is 10.2 Å². The Hall–Kier alpha value is -1.80. The van der Waals surface area contributed by atoms with Crippen molar-refractivity contribution >= 4 is 11.4 Å². The van der Waals surface area contributed by atoms with Crippen LogP contribution in [0.3, 0.4) is 0 Å². The van der Waals surface area contributed by atoms with Gasteiger partial charge in [0.25, 0.3) is 0 Å². The first kappa shape index (κ1) is 14.2. The Morgan fingerprint density at radius 2 is 1.86 bits per heavy atom. The predicted octanol–water partition coefficient (Wildman–Crippen LogP) is 4.13. The van der Waals surface area contributed by atoms with E-state index in [1.807, 2.05) is 0 Å². The molecule has 1 heterocycles. The van der Waals surface area contributed by atoms with E-state index >= 15 is 0 Å². The highest BCUT2D eigenvalue weighted by Crippen LogP contribution is 2.35. The first-order chi connectivity index (χ1) is 10.3. The van der Waals surface area contributed by atoms with Gasteiger partial charge in [-0.15, -0.1) is 0 Å². The summed E-state index contributed by atoms with van der Waals surface area (Å²) in [7, 11) is 0. The van der Waals surface area contributed by atoms with Gasteiger partial charge in [0.1, 0.15) is 0 Å². The molecule has 21 heavy (non-hydrogen) atoms. The quantitative estimate of drug-likeness (QED) is 0.906. The van der Waals surface area contributed by atoms with E-state index in [2.05, 4.69) is 72.6 Å². The first-order valence-electron chi connectivity index (χ1n) is 7.93. The lowest BCUT2D eigenvalue weighted by atomic mass is 9.93. The summed E-state index contributed by atoms with van der Waals surface area (Å²) in [6.07, 6.45) is 1.19. The number of fused-ring (bicyclic) bond motifs is 1. The maximum absolute atomic E-state index is 3.37. The molecule has 0 fully saturated rings. The van der Waals surface area contributed by atoms with E-state index in [0.29, 0.717) is 5.92 Å². The summed E-state index contributed by atoms with van der Waals surface area (Å²) in [4.78, 5) is 2.46. The minimum atomic E-state index is 0.696. The largest absolute Gasteiger partial charge is 0.341 e. The Morgan fingerprint density at radius 3 is 2.62 bits per heavy atom. The second-order valence-corrected chi connectivity index (χ2v) is 6.00. The van der Waals surface area contributed by atoms with Gasteiger partial charge in [-0.25, -0.2) is 0 Å². The molecule has 0 bridgehead atoms. The van der Waals surface area contributed by atoms with Gasteiger partial charge in [-0.1, -0.05) is 44.2 Å². The van der Waals surface area contributed by atoms with Crippen molar-refractivity contribution in [2.45, 2.75) is 26.8 Å². The number of rotatable bonds is 4. The van der Waals surface area contributed by atoms with Crippen molar-refractivity contribution in [3.63, 3.8) is 0 Å². The van der Waals surface area contributed by atoms with E-state index in [4.69, 9.17) is 0 Å². The molecule has 0 saturated heterocycles. The monoisotopic (exact) mass is 280 g/mol. The van der Waals surface area contributed by atoms with Gasteiger partial charge in [0.15, 0.2) is 0 Å². The van der Waals surface area contributed by atoms with Crippen LogP contribution in [-0.2, 0) is 13.0 Å². The molecular weight excluding hydrogens is 256 g/mol. The molecule has 110 valence electrons. The fourth-order valence-electron chi connectivity index (χ4n) is 3.10. The molecule has 3 rings (SSSR count). The molecule has 0 aromatic heterocycles. The number of nitrogens with zero attached hydrogens (tertiary/aromatic N) is 1. The lowest BCUT2D eigenvalue weighted by Gasteiger charge is -2.35. The molecule has 1 atom stereocenters. The van der Waals surface area contributed by atoms with Gasteiger partial charge >= 0.3 is 0 Å². The lowest BCUT2D eigenvalue weighted by molar-refractivity contribution is 0.562. The molecule has 1 aliphatic heterocycles. The van der Waals surface area contributed by atoms with Crippen molar-refractivity contribution in [3.05, 3.63) is 59.7 Å². The molecule has 0 amide bonds. The van der Waals surface area contributed by atoms with Crippen LogP contribution in [0.2, 0.25) is 0 Å². The summed E-state index contributed by atoms with van der Waals surface area (Å²) < 4.78 is 0. The second kappa shape index (κ2) is 6.31. The fourth-order valence-corrected chi connectivity index (χ4v) is 3.10. The van der Waals surface area contributed by atoms with Crippen LogP contribution in [0.5, 0.6) is 0 Å². The van der Waals surface area contributed by atoms with Gasteiger partial charge in [0.2, 0.25) is 0 Å². The molecule has 2 nitrogen and oxygen atoms in total. The first-order valence-corrected chi connectivity index (χ1v) is 7.93. The van der Waals surface area contributed by atoms with Crippen molar-refractivity contribution in [2.75, 3.05) is 18.0 Å². The van der Waals surface area contributed by atoms with Crippen molar-refractivity contribution in [1.29, 1.82) is 0 Å². The van der Waals surface area contributed by atoms with Gasteiger partial charge in [-0.3, -0.25) is 0 Å². The predicted molar refractivity (Wildman–Crippen MR) is 90.1 cm³/mol. The Balaban J connectivity index is 1.86. The third-order valence-corrected chi connectivity index (χ3v) is 4.17. The Bertz CT molecular complexity index is 589. The van der Waals surface area contributed by atoms with Crippen LogP contribution in [0.15, 0.2) is 48.5 Å². The van der Waals surface area contributed by atoms with Crippen LogP contribution in [0.25, 0.3) is 0 Å². The van der Waals surface area contributed by atoms with Crippen molar-refractivity contribution in [2.24, 2.45) is 5.92 Å². The molecular formula is C19H24N2. The number of anilines is 2. The summed E-state index contributed by atoms with van der Waals surface area (Å²) in [5.41, 5.74) is 5.48. The Kier molecular flexibility index (Phi) is 4.26. The van der Waals surface area contributed by atoms with Crippen LogP contribution >= 0.6 is 0 Å². The van der Waals surface area contributed by atoms with Gasteiger partial charge in [-0.2, -0.15) is 0 Å². The zero-order valence-corrected chi connectivity index (χ0v) is 13.0. The average Bonchev–Trinajstić information content (AvgIpc) is 2.52. The molecule has 0 saturated carbocycles. The van der Waals surface area contributed by atoms with E-state index in [-0.39, 0.29) is 0 Å². The summed E-state index contributed by atoms with van der Waals surface area (Å²) >= 11 is 0. The zero-order chi connectivity index (χ0) is 14.7. The highest BCUT2D eigenvalue weighted by Gasteiger charge is 2.22. The summed E-state index contributed by atoms with van der Waals surface area (Å²) in [6, 6.07) is 17.8. The van der Waals surface area contributed by atoms with Crippen LogP contribution in [-0.4, -0.2) is 13.1 Å². The summed E-state index contributed by atoms with van der Waals surface area (Å²) in [5.74, 6) is 0.696. The molecule has 1 N–H and O–H groups in total. The van der Waals surface area contributed by atoms with Crippen LogP contribution < -0.4 is 10.2 Å². The van der Waals surface area contributed by atoms with E-state index in [9.17, 15) is 0 Å². The smallest absolute Gasteiger partial charge is 0.0443 e. The summed E-state index contributed by atoms with van der Waals surface area (Å²) in [6.45, 7) is 7.54. The zero-order valence-electron chi connectivity index (χ0n) is 13.0. The maximum Gasteiger partial charge on any atom is 0.0443 e. The Labute approximate surface area is 127 Å². The van der Waals surface area contributed by atoms with E-state index in [0.717, 1.165) is 19.6 Å².